The summed E-state index contributed by atoms with van der Waals surface area (Å²) in [6.45, 7) is 2.14. The van der Waals surface area contributed by atoms with Crippen molar-refractivity contribution in [2.24, 2.45) is 0 Å². The Hall–Kier alpha value is -2.23. The van der Waals surface area contributed by atoms with Crippen molar-refractivity contribution in [3.05, 3.63) is 59.8 Å². The smallest absolute Gasteiger partial charge is 0.155 e. The second-order valence-electron chi connectivity index (χ2n) is 5.56. The monoisotopic (exact) mass is 264 g/mol. The third-order valence-corrected chi connectivity index (χ3v) is 4.40. The van der Waals surface area contributed by atoms with Gasteiger partial charge in [0.05, 0.1) is 16.8 Å². The summed E-state index contributed by atoms with van der Waals surface area (Å²) < 4.78 is 1.85. The van der Waals surface area contributed by atoms with Crippen LogP contribution in [0.2, 0.25) is 0 Å². The van der Waals surface area contributed by atoms with Crippen molar-refractivity contribution in [1.29, 1.82) is 0 Å². The number of rotatable bonds is 2. The van der Waals surface area contributed by atoms with Crippen LogP contribution in [0.15, 0.2) is 42.9 Å². The molecule has 1 aliphatic carbocycles. The molecule has 0 N–H and O–H groups in total. The Balaban J connectivity index is 1.91. The van der Waals surface area contributed by atoms with Crippen LogP contribution in [0.4, 0.5) is 0 Å². The maximum Gasteiger partial charge on any atom is 0.155 e. The lowest BCUT2D eigenvalue weighted by Crippen LogP contribution is -2.37. The van der Waals surface area contributed by atoms with Gasteiger partial charge in [0.25, 0.3) is 0 Å². The molecule has 1 fully saturated rings. The molecule has 1 saturated carbocycles. The fraction of sp³-hybridized carbons (Fsp3) is 0.312. The molecule has 0 radical (unpaired) electrons. The number of aromatic nitrogens is 4. The molecule has 4 heteroatoms. The van der Waals surface area contributed by atoms with Gasteiger partial charge in [-0.2, -0.15) is 5.10 Å². The third-order valence-electron chi connectivity index (χ3n) is 4.40. The normalized spacial score (nSPS) is 17.1. The highest BCUT2D eigenvalue weighted by molar-refractivity contribution is 5.46. The van der Waals surface area contributed by atoms with Gasteiger partial charge >= 0.3 is 0 Å². The van der Waals surface area contributed by atoms with Gasteiger partial charge in [-0.15, -0.1) is 0 Å². The van der Waals surface area contributed by atoms with Crippen LogP contribution in [0.3, 0.4) is 0 Å². The molecule has 100 valence electrons. The maximum absolute atomic E-state index is 4.74. The van der Waals surface area contributed by atoms with Gasteiger partial charge in [0.1, 0.15) is 0 Å². The van der Waals surface area contributed by atoms with E-state index in [1.54, 1.807) is 6.20 Å². The van der Waals surface area contributed by atoms with Gasteiger partial charge in [-0.05, 0) is 37.5 Å². The summed E-state index contributed by atoms with van der Waals surface area (Å²) in [6, 6.07) is 8.14. The molecule has 20 heavy (non-hydrogen) atoms. The summed E-state index contributed by atoms with van der Waals surface area (Å²) in [4.78, 5) is 9.02. The van der Waals surface area contributed by atoms with Crippen molar-refractivity contribution in [2.45, 2.75) is 31.6 Å². The van der Waals surface area contributed by atoms with Crippen LogP contribution in [0.25, 0.3) is 5.65 Å². The minimum absolute atomic E-state index is 0.0148. The SMILES string of the molecule is Cc1cccnc1C1(c2cc3ncccn3n2)CCC1. The fourth-order valence-corrected chi connectivity index (χ4v) is 3.20. The Morgan fingerprint density at radius 1 is 1.15 bits per heavy atom. The summed E-state index contributed by atoms with van der Waals surface area (Å²) in [5.41, 5.74) is 4.41. The number of hydrogen-bond acceptors (Lipinski definition) is 3. The Labute approximate surface area is 117 Å². The number of aryl methyl sites for hydroxylation is 1. The molecule has 0 bridgehead atoms. The molecule has 1 aliphatic rings. The van der Waals surface area contributed by atoms with E-state index in [9.17, 15) is 0 Å². The van der Waals surface area contributed by atoms with Gasteiger partial charge in [0, 0.05) is 24.7 Å². The molecule has 0 atom stereocenters. The zero-order chi connectivity index (χ0) is 13.6. The van der Waals surface area contributed by atoms with Crippen molar-refractivity contribution in [3.8, 4) is 0 Å². The summed E-state index contributed by atoms with van der Waals surface area (Å²) >= 11 is 0. The van der Waals surface area contributed by atoms with E-state index in [2.05, 4.69) is 29.0 Å². The molecule has 0 amide bonds. The van der Waals surface area contributed by atoms with Crippen LogP contribution in [-0.2, 0) is 5.41 Å². The average molecular weight is 264 g/mol. The van der Waals surface area contributed by atoms with Crippen LogP contribution < -0.4 is 0 Å². The van der Waals surface area contributed by atoms with Gasteiger partial charge in [-0.25, -0.2) is 9.50 Å². The van der Waals surface area contributed by atoms with E-state index >= 15 is 0 Å². The second-order valence-corrected chi connectivity index (χ2v) is 5.56. The first-order chi connectivity index (χ1) is 9.79. The largest absolute Gasteiger partial charge is 0.260 e. The van der Waals surface area contributed by atoms with Crippen molar-refractivity contribution in [2.75, 3.05) is 0 Å². The highest BCUT2D eigenvalue weighted by Crippen LogP contribution is 2.48. The fourth-order valence-electron chi connectivity index (χ4n) is 3.20. The number of fused-ring (bicyclic) bond motifs is 1. The number of pyridine rings is 1. The Morgan fingerprint density at radius 2 is 2.00 bits per heavy atom. The quantitative estimate of drug-likeness (QED) is 0.714. The van der Waals surface area contributed by atoms with E-state index in [-0.39, 0.29) is 5.41 Å². The highest BCUT2D eigenvalue weighted by atomic mass is 15.2. The molecule has 0 unspecified atom stereocenters. The first kappa shape index (κ1) is 11.6. The van der Waals surface area contributed by atoms with Gasteiger partial charge in [0.2, 0.25) is 0 Å². The molecule has 0 saturated heterocycles. The maximum atomic E-state index is 4.74. The van der Waals surface area contributed by atoms with Crippen LogP contribution in [0, 0.1) is 6.92 Å². The standard InChI is InChI=1S/C16H16N4/c1-12-5-2-8-18-15(12)16(6-3-7-16)13-11-14-17-9-4-10-20(14)19-13/h2,4-5,8-11H,3,6-7H2,1H3. The second kappa shape index (κ2) is 4.13. The molecule has 0 aliphatic heterocycles. The Bertz CT molecular complexity index is 738. The average Bonchev–Trinajstić information content (AvgIpc) is 2.83. The minimum atomic E-state index is -0.0148. The van der Waals surface area contributed by atoms with Gasteiger partial charge in [-0.3, -0.25) is 4.98 Å². The summed E-state index contributed by atoms with van der Waals surface area (Å²) in [5, 5.41) is 4.74. The molecule has 3 aromatic rings. The van der Waals surface area contributed by atoms with E-state index < -0.39 is 0 Å². The Kier molecular flexibility index (Phi) is 2.39. The topological polar surface area (TPSA) is 43.1 Å². The molecular formula is C16H16N4. The van der Waals surface area contributed by atoms with E-state index in [1.807, 2.05) is 29.0 Å². The number of hydrogen-bond donors (Lipinski definition) is 0. The number of nitrogens with zero attached hydrogens (tertiary/aromatic N) is 4. The van der Waals surface area contributed by atoms with E-state index in [0.29, 0.717) is 0 Å². The third kappa shape index (κ3) is 1.51. The Morgan fingerprint density at radius 3 is 2.70 bits per heavy atom. The lowest BCUT2D eigenvalue weighted by atomic mass is 9.63. The van der Waals surface area contributed by atoms with E-state index in [0.717, 1.165) is 24.2 Å². The highest BCUT2D eigenvalue weighted by Gasteiger charge is 2.44. The summed E-state index contributed by atoms with van der Waals surface area (Å²) in [6.07, 6.45) is 9.11. The van der Waals surface area contributed by atoms with Crippen molar-refractivity contribution >= 4 is 5.65 Å². The van der Waals surface area contributed by atoms with Crippen molar-refractivity contribution in [1.82, 2.24) is 19.6 Å². The van der Waals surface area contributed by atoms with Crippen LogP contribution in [-0.4, -0.2) is 19.6 Å². The molecule has 4 rings (SSSR count). The molecular weight excluding hydrogens is 248 g/mol. The van der Waals surface area contributed by atoms with E-state index in [1.165, 1.54) is 17.7 Å². The first-order valence-corrected chi connectivity index (χ1v) is 7.03. The summed E-state index contributed by atoms with van der Waals surface area (Å²) in [5.74, 6) is 0. The van der Waals surface area contributed by atoms with E-state index in [4.69, 9.17) is 5.10 Å². The van der Waals surface area contributed by atoms with Crippen LogP contribution >= 0.6 is 0 Å². The van der Waals surface area contributed by atoms with Gasteiger partial charge in [-0.1, -0.05) is 12.5 Å². The van der Waals surface area contributed by atoms with Crippen LogP contribution in [0.1, 0.15) is 36.2 Å². The zero-order valence-electron chi connectivity index (χ0n) is 11.5. The van der Waals surface area contributed by atoms with Crippen molar-refractivity contribution in [3.63, 3.8) is 0 Å². The lowest BCUT2D eigenvalue weighted by Gasteiger charge is -2.40. The minimum Gasteiger partial charge on any atom is -0.260 e. The molecule has 3 aromatic heterocycles. The van der Waals surface area contributed by atoms with Crippen molar-refractivity contribution < 1.29 is 0 Å². The molecule has 3 heterocycles. The van der Waals surface area contributed by atoms with Gasteiger partial charge in [0.15, 0.2) is 5.65 Å². The van der Waals surface area contributed by atoms with Gasteiger partial charge < -0.3 is 0 Å². The molecule has 0 spiro atoms. The predicted octanol–water partition coefficient (Wildman–Crippen LogP) is 2.90. The predicted molar refractivity (Wildman–Crippen MR) is 76.6 cm³/mol. The first-order valence-electron chi connectivity index (χ1n) is 7.03. The summed E-state index contributed by atoms with van der Waals surface area (Å²) in [7, 11) is 0. The lowest BCUT2D eigenvalue weighted by molar-refractivity contribution is 0.284. The molecule has 4 nitrogen and oxygen atoms in total. The zero-order valence-corrected chi connectivity index (χ0v) is 11.5. The van der Waals surface area contributed by atoms with Crippen LogP contribution in [0.5, 0.6) is 0 Å². The molecule has 0 aromatic carbocycles.